The first-order chi connectivity index (χ1) is 15.6. The summed E-state index contributed by atoms with van der Waals surface area (Å²) in [6.45, 7) is 4.67. The van der Waals surface area contributed by atoms with Gasteiger partial charge in [-0.05, 0) is 42.5 Å². The van der Waals surface area contributed by atoms with Crippen LogP contribution in [0.3, 0.4) is 0 Å². The molecular weight excluding hydrogens is 426 g/mol. The molecule has 0 radical (unpaired) electrons. The number of anilines is 1. The Hall–Kier alpha value is -3.58. The van der Waals surface area contributed by atoms with Gasteiger partial charge in [-0.25, -0.2) is 4.98 Å². The molecule has 0 unspecified atom stereocenters. The standard InChI is InChI=1S/C24H22ClN5O2/c1-16-26-15-23(32-16)18-4-8-20(9-5-18)29-10-12-30(13-11-29)24(31)22-14-21(27-28-22)17-2-6-19(25)7-3-17/h2-9,14-15H,10-13H2,1H3,(H,27,28). The fraction of sp³-hybridized carbons (Fsp3) is 0.208. The molecule has 1 aliphatic rings. The minimum absolute atomic E-state index is 0.0339. The number of carbonyl (C=O) groups is 1. The zero-order chi connectivity index (χ0) is 22.1. The zero-order valence-electron chi connectivity index (χ0n) is 17.6. The summed E-state index contributed by atoms with van der Waals surface area (Å²) in [6, 6.07) is 17.4. The van der Waals surface area contributed by atoms with Gasteiger partial charge in [0.1, 0.15) is 5.69 Å². The lowest BCUT2D eigenvalue weighted by Crippen LogP contribution is -2.48. The predicted molar refractivity (Wildman–Crippen MR) is 124 cm³/mol. The van der Waals surface area contributed by atoms with Gasteiger partial charge in [-0.1, -0.05) is 23.7 Å². The van der Waals surface area contributed by atoms with Crippen molar-refractivity contribution >= 4 is 23.2 Å². The van der Waals surface area contributed by atoms with Crippen molar-refractivity contribution in [3.05, 3.63) is 77.4 Å². The molecule has 162 valence electrons. The number of nitrogens with one attached hydrogen (secondary N) is 1. The maximum absolute atomic E-state index is 12.9. The second kappa shape index (κ2) is 8.51. The Morgan fingerprint density at radius 2 is 1.69 bits per heavy atom. The third-order valence-electron chi connectivity index (χ3n) is 5.65. The molecule has 0 saturated carbocycles. The van der Waals surface area contributed by atoms with Crippen LogP contribution in [0.25, 0.3) is 22.6 Å². The van der Waals surface area contributed by atoms with E-state index in [-0.39, 0.29) is 5.91 Å². The third-order valence-corrected chi connectivity index (χ3v) is 5.91. The molecule has 7 nitrogen and oxygen atoms in total. The van der Waals surface area contributed by atoms with Gasteiger partial charge in [0, 0.05) is 54.9 Å². The number of oxazole rings is 1. The Kier molecular flexibility index (Phi) is 5.41. The highest BCUT2D eigenvalue weighted by molar-refractivity contribution is 6.30. The molecule has 1 N–H and O–H groups in total. The molecule has 4 aromatic rings. The first-order valence-electron chi connectivity index (χ1n) is 10.5. The molecule has 32 heavy (non-hydrogen) atoms. The molecule has 1 fully saturated rings. The Bertz CT molecular complexity index is 1220. The smallest absolute Gasteiger partial charge is 0.272 e. The van der Waals surface area contributed by atoms with Crippen molar-refractivity contribution in [2.24, 2.45) is 0 Å². The monoisotopic (exact) mass is 447 g/mol. The van der Waals surface area contributed by atoms with E-state index in [1.54, 1.807) is 12.3 Å². The van der Waals surface area contributed by atoms with Crippen LogP contribution in [-0.4, -0.2) is 52.2 Å². The topological polar surface area (TPSA) is 78.3 Å². The van der Waals surface area contributed by atoms with Gasteiger partial charge in [-0.15, -0.1) is 0 Å². The highest BCUT2D eigenvalue weighted by Gasteiger charge is 2.24. The van der Waals surface area contributed by atoms with E-state index in [0.717, 1.165) is 41.4 Å². The Morgan fingerprint density at radius 3 is 2.34 bits per heavy atom. The van der Waals surface area contributed by atoms with Crippen molar-refractivity contribution < 1.29 is 9.21 Å². The summed E-state index contributed by atoms with van der Waals surface area (Å²) in [5, 5.41) is 7.84. The molecule has 0 bridgehead atoms. The van der Waals surface area contributed by atoms with Crippen molar-refractivity contribution in [1.29, 1.82) is 0 Å². The lowest BCUT2D eigenvalue weighted by molar-refractivity contribution is 0.0741. The fourth-order valence-electron chi connectivity index (χ4n) is 3.87. The van der Waals surface area contributed by atoms with Crippen LogP contribution in [0.2, 0.25) is 5.02 Å². The number of aromatic amines is 1. The molecule has 2 aromatic heterocycles. The number of carbonyl (C=O) groups excluding carboxylic acids is 1. The van der Waals surface area contributed by atoms with Gasteiger partial charge in [-0.3, -0.25) is 9.89 Å². The summed E-state index contributed by atoms with van der Waals surface area (Å²) >= 11 is 5.95. The van der Waals surface area contributed by atoms with E-state index in [4.69, 9.17) is 16.0 Å². The minimum atomic E-state index is -0.0339. The van der Waals surface area contributed by atoms with Crippen LogP contribution >= 0.6 is 11.6 Å². The fourth-order valence-corrected chi connectivity index (χ4v) is 4.00. The summed E-state index contributed by atoms with van der Waals surface area (Å²) in [4.78, 5) is 21.2. The van der Waals surface area contributed by atoms with E-state index >= 15 is 0 Å². The minimum Gasteiger partial charge on any atom is -0.441 e. The normalized spacial score (nSPS) is 14.1. The van der Waals surface area contributed by atoms with Gasteiger partial charge in [0.25, 0.3) is 5.91 Å². The number of amides is 1. The van der Waals surface area contributed by atoms with E-state index < -0.39 is 0 Å². The largest absolute Gasteiger partial charge is 0.441 e. The number of aromatic nitrogens is 3. The van der Waals surface area contributed by atoms with Crippen LogP contribution in [-0.2, 0) is 0 Å². The number of benzene rings is 2. The lowest BCUT2D eigenvalue weighted by Gasteiger charge is -2.36. The Labute approximate surface area is 190 Å². The number of hydrogen-bond acceptors (Lipinski definition) is 5. The molecule has 8 heteroatoms. The highest BCUT2D eigenvalue weighted by Crippen LogP contribution is 2.25. The molecule has 2 aromatic carbocycles. The second-order valence-electron chi connectivity index (χ2n) is 7.74. The van der Waals surface area contributed by atoms with Gasteiger partial charge in [0.05, 0.1) is 11.9 Å². The predicted octanol–water partition coefficient (Wildman–Crippen LogP) is 4.66. The number of H-pyrrole nitrogens is 1. The number of nitrogens with zero attached hydrogens (tertiary/aromatic N) is 4. The summed E-state index contributed by atoms with van der Waals surface area (Å²) in [5.41, 5.74) is 4.27. The number of piperazine rings is 1. The first-order valence-corrected chi connectivity index (χ1v) is 10.8. The molecule has 1 aliphatic heterocycles. The van der Waals surface area contributed by atoms with Crippen molar-refractivity contribution in [1.82, 2.24) is 20.1 Å². The van der Waals surface area contributed by atoms with Gasteiger partial charge in [0.2, 0.25) is 0 Å². The number of hydrogen-bond donors (Lipinski definition) is 1. The van der Waals surface area contributed by atoms with E-state index in [9.17, 15) is 4.79 Å². The van der Waals surface area contributed by atoms with E-state index in [0.29, 0.717) is 29.7 Å². The molecule has 3 heterocycles. The number of rotatable bonds is 4. The summed E-state index contributed by atoms with van der Waals surface area (Å²) in [7, 11) is 0. The third kappa shape index (κ3) is 4.11. The molecule has 0 spiro atoms. The summed E-state index contributed by atoms with van der Waals surface area (Å²) in [5.74, 6) is 1.39. The maximum Gasteiger partial charge on any atom is 0.272 e. The van der Waals surface area contributed by atoms with Gasteiger partial charge in [0.15, 0.2) is 11.7 Å². The average molecular weight is 448 g/mol. The SMILES string of the molecule is Cc1ncc(-c2ccc(N3CCN(C(=O)c4cc(-c5ccc(Cl)cc5)n[nH]4)CC3)cc2)o1. The second-order valence-corrected chi connectivity index (χ2v) is 8.18. The average Bonchev–Trinajstić information content (AvgIpc) is 3.49. The quantitative estimate of drug-likeness (QED) is 0.492. The van der Waals surface area contributed by atoms with E-state index in [1.165, 1.54) is 0 Å². The molecular formula is C24H22ClN5O2. The van der Waals surface area contributed by atoms with Crippen LogP contribution in [0.15, 0.2) is 65.2 Å². The van der Waals surface area contributed by atoms with E-state index in [1.807, 2.05) is 48.2 Å². The first kappa shape index (κ1) is 20.3. The van der Waals surface area contributed by atoms with Crippen LogP contribution in [0.1, 0.15) is 16.4 Å². The zero-order valence-corrected chi connectivity index (χ0v) is 18.3. The van der Waals surface area contributed by atoms with Crippen molar-refractivity contribution in [3.8, 4) is 22.6 Å². The van der Waals surface area contributed by atoms with Crippen molar-refractivity contribution in [2.75, 3.05) is 31.1 Å². The van der Waals surface area contributed by atoms with Crippen LogP contribution in [0.5, 0.6) is 0 Å². The molecule has 1 saturated heterocycles. The Balaban J connectivity index is 1.21. The van der Waals surface area contributed by atoms with Gasteiger partial charge >= 0.3 is 0 Å². The highest BCUT2D eigenvalue weighted by atomic mass is 35.5. The molecule has 5 rings (SSSR count). The van der Waals surface area contributed by atoms with Crippen molar-refractivity contribution in [3.63, 3.8) is 0 Å². The number of halogens is 1. The van der Waals surface area contributed by atoms with Gasteiger partial charge in [-0.2, -0.15) is 5.10 Å². The lowest BCUT2D eigenvalue weighted by atomic mass is 10.1. The molecule has 1 amide bonds. The van der Waals surface area contributed by atoms with Gasteiger partial charge < -0.3 is 14.2 Å². The Morgan fingerprint density at radius 1 is 1.00 bits per heavy atom. The summed E-state index contributed by atoms with van der Waals surface area (Å²) in [6.07, 6.45) is 1.74. The van der Waals surface area contributed by atoms with Crippen molar-refractivity contribution in [2.45, 2.75) is 6.92 Å². The number of aryl methyl sites for hydroxylation is 1. The summed E-state index contributed by atoms with van der Waals surface area (Å²) < 4.78 is 5.59. The maximum atomic E-state index is 12.9. The van der Waals surface area contributed by atoms with E-state index in [2.05, 4.69) is 32.2 Å². The van der Waals surface area contributed by atoms with Crippen LogP contribution in [0, 0.1) is 6.92 Å². The van der Waals surface area contributed by atoms with Crippen LogP contribution < -0.4 is 4.90 Å². The molecule has 0 atom stereocenters. The molecule has 0 aliphatic carbocycles. The van der Waals surface area contributed by atoms with Crippen LogP contribution in [0.4, 0.5) is 5.69 Å².